The summed E-state index contributed by atoms with van der Waals surface area (Å²) in [6, 6.07) is 3.75. The van der Waals surface area contributed by atoms with Crippen LogP contribution < -0.4 is 5.32 Å². The molecule has 90 valence electrons. The van der Waals surface area contributed by atoms with Crippen LogP contribution in [0.5, 0.6) is 0 Å². The van der Waals surface area contributed by atoms with Crippen molar-refractivity contribution in [2.75, 3.05) is 6.54 Å². The van der Waals surface area contributed by atoms with Crippen LogP contribution in [0.4, 0.5) is 4.79 Å². The molecule has 2 rings (SSSR count). The SMILES string of the molecule is CCN1C(=O)NC(c2c(Cl)cccc2Cl)C1=O. The van der Waals surface area contributed by atoms with E-state index in [1.807, 2.05) is 0 Å². The Balaban J connectivity index is 2.43. The highest BCUT2D eigenvalue weighted by molar-refractivity contribution is 6.36. The monoisotopic (exact) mass is 272 g/mol. The van der Waals surface area contributed by atoms with Crippen molar-refractivity contribution < 1.29 is 9.59 Å². The summed E-state index contributed by atoms with van der Waals surface area (Å²) >= 11 is 12.0. The van der Waals surface area contributed by atoms with Crippen molar-refractivity contribution in [3.8, 4) is 0 Å². The van der Waals surface area contributed by atoms with E-state index in [1.165, 1.54) is 0 Å². The first-order chi connectivity index (χ1) is 8.06. The van der Waals surface area contributed by atoms with Gasteiger partial charge in [0.25, 0.3) is 5.91 Å². The fraction of sp³-hybridized carbons (Fsp3) is 0.273. The number of hydrogen-bond donors (Lipinski definition) is 1. The number of likely N-dealkylation sites (N-methyl/N-ethyl adjacent to an activating group) is 1. The zero-order chi connectivity index (χ0) is 12.6. The third-order valence-corrected chi connectivity index (χ3v) is 3.29. The van der Waals surface area contributed by atoms with Gasteiger partial charge in [-0.05, 0) is 19.1 Å². The Morgan fingerprint density at radius 1 is 1.29 bits per heavy atom. The van der Waals surface area contributed by atoms with Crippen molar-refractivity contribution in [1.82, 2.24) is 10.2 Å². The number of nitrogens with zero attached hydrogens (tertiary/aromatic N) is 1. The van der Waals surface area contributed by atoms with Crippen molar-refractivity contribution in [2.45, 2.75) is 13.0 Å². The molecule has 17 heavy (non-hydrogen) atoms. The molecule has 1 fully saturated rings. The molecule has 1 aliphatic heterocycles. The molecule has 0 spiro atoms. The second-order valence-electron chi connectivity index (χ2n) is 3.60. The van der Waals surface area contributed by atoms with Crippen LogP contribution in [0, 0.1) is 0 Å². The third kappa shape index (κ3) is 1.98. The van der Waals surface area contributed by atoms with E-state index in [0.29, 0.717) is 22.2 Å². The molecule has 3 amide bonds. The average Bonchev–Trinajstić information content (AvgIpc) is 2.54. The summed E-state index contributed by atoms with van der Waals surface area (Å²) in [5.41, 5.74) is 0.449. The maximum absolute atomic E-state index is 12.0. The van der Waals surface area contributed by atoms with Gasteiger partial charge in [-0.3, -0.25) is 9.69 Å². The van der Waals surface area contributed by atoms with Crippen molar-refractivity contribution in [3.63, 3.8) is 0 Å². The van der Waals surface area contributed by atoms with E-state index in [1.54, 1.807) is 25.1 Å². The van der Waals surface area contributed by atoms with Crippen molar-refractivity contribution in [2.24, 2.45) is 0 Å². The van der Waals surface area contributed by atoms with Gasteiger partial charge in [0.1, 0.15) is 6.04 Å². The van der Waals surface area contributed by atoms with Crippen LogP contribution in [0.3, 0.4) is 0 Å². The van der Waals surface area contributed by atoms with Gasteiger partial charge in [0, 0.05) is 22.2 Å². The van der Waals surface area contributed by atoms with Gasteiger partial charge in [0.2, 0.25) is 0 Å². The lowest BCUT2D eigenvalue weighted by molar-refractivity contribution is -0.127. The molecular formula is C11H10Cl2N2O2. The Hall–Kier alpha value is -1.26. The number of imide groups is 1. The van der Waals surface area contributed by atoms with E-state index in [0.717, 1.165) is 4.90 Å². The lowest BCUT2D eigenvalue weighted by Gasteiger charge is -2.12. The zero-order valence-electron chi connectivity index (χ0n) is 9.04. The Morgan fingerprint density at radius 3 is 2.35 bits per heavy atom. The van der Waals surface area contributed by atoms with Gasteiger partial charge in [-0.15, -0.1) is 0 Å². The molecule has 1 heterocycles. The minimum absolute atomic E-state index is 0.323. The first-order valence-electron chi connectivity index (χ1n) is 5.12. The molecule has 1 unspecified atom stereocenters. The van der Waals surface area contributed by atoms with Gasteiger partial charge in [-0.1, -0.05) is 29.3 Å². The molecule has 0 aliphatic carbocycles. The van der Waals surface area contributed by atoms with Gasteiger partial charge in [0.05, 0.1) is 0 Å². The molecule has 1 aliphatic rings. The molecular weight excluding hydrogens is 263 g/mol. The summed E-state index contributed by atoms with van der Waals surface area (Å²) in [4.78, 5) is 24.6. The average molecular weight is 273 g/mol. The van der Waals surface area contributed by atoms with Crippen LogP contribution in [0.15, 0.2) is 18.2 Å². The molecule has 1 aromatic carbocycles. The summed E-state index contributed by atoms with van der Waals surface area (Å²) in [6.45, 7) is 2.05. The minimum atomic E-state index is -0.788. The van der Waals surface area contributed by atoms with Crippen LogP contribution in [0.1, 0.15) is 18.5 Å². The number of amides is 3. The van der Waals surface area contributed by atoms with Crippen LogP contribution in [-0.2, 0) is 4.79 Å². The van der Waals surface area contributed by atoms with Gasteiger partial charge in [0.15, 0.2) is 0 Å². The van der Waals surface area contributed by atoms with E-state index in [-0.39, 0.29) is 5.91 Å². The number of carbonyl (C=O) groups is 2. The predicted octanol–water partition coefficient (Wildman–Crippen LogP) is 2.61. The summed E-state index contributed by atoms with van der Waals surface area (Å²) < 4.78 is 0. The summed E-state index contributed by atoms with van der Waals surface area (Å²) in [6.07, 6.45) is 0. The number of benzene rings is 1. The normalized spacial score (nSPS) is 19.7. The summed E-state index contributed by atoms with van der Waals surface area (Å²) in [7, 11) is 0. The van der Waals surface area contributed by atoms with Crippen LogP contribution in [0.2, 0.25) is 10.0 Å². The Bertz CT molecular complexity index is 470. The lowest BCUT2D eigenvalue weighted by atomic mass is 10.1. The van der Waals surface area contributed by atoms with Crippen LogP contribution in [-0.4, -0.2) is 23.4 Å². The van der Waals surface area contributed by atoms with Crippen molar-refractivity contribution >= 4 is 35.1 Å². The molecule has 1 aromatic rings. The molecule has 1 N–H and O–H groups in total. The summed E-state index contributed by atoms with van der Waals surface area (Å²) in [5, 5.41) is 3.31. The standard InChI is InChI=1S/C11H10Cl2N2O2/c1-2-15-10(16)9(14-11(15)17)8-6(12)4-3-5-7(8)13/h3-5,9H,2H2,1H3,(H,14,17). The predicted molar refractivity (Wildman–Crippen MR) is 65.1 cm³/mol. The second kappa shape index (κ2) is 4.55. The Labute approximate surface area is 108 Å². The number of halogens is 2. The molecule has 0 aromatic heterocycles. The van der Waals surface area contributed by atoms with Gasteiger partial charge < -0.3 is 5.32 Å². The van der Waals surface area contributed by atoms with Gasteiger partial charge in [-0.25, -0.2) is 4.79 Å². The topological polar surface area (TPSA) is 49.4 Å². The molecule has 1 saturated heterocycles. The molecule has 0 bridgehead atoms. The highest BCUT2D eigenvalue weighted by Crippen LogP contribution is 2.33. The fourth-order valence-corrected chi connectivity index (χ4v) is 2.42. The minimum Gasteiger partial charge on any atom is -0.322 e. The van der Waals surface area contributed by atoms with Crippen molar-refractivity contribution in [1.29, 1.82) is 0 Å². The van der Waals surface area contributed by atoms with E-state index >= 15 is 0 Å². The Morgan fingerprint density at radius 2 is 1.88 bits per heavy atom. The van der Waals surface area contributed by atoms with Gasteiger partial charge in [-0.2, -0.15) is 0 Å². The number of urea groups is 1. The first-order valence-corrected chi connectivity index (χ1v) is 5.87. The fourth-order valence-electron chi connectivity index (χ4n) is 1.80. The van der Waals surface area contributed by atoms with E-state index in [4.69, 9.17) is 23.2 Å². The smallest absolute Gasteiger partial charge is 0.322 e. The van der Waals surface area contributed by atoms with Crippen LogP contribution >= 0.6 is 23.2 Å². The first kappa shape index (κ1) is 12.2. The number of carbonyl (C=O) groups excluding carboxylic acids is 2. The molecule has 6 heteroatoms. The maximum Gasteiger partial charge on any atom is 0.325 e. The number of hydrogen-bond acceptors (Lipinski definition) is 2. The maximum atomic E-state index is 12.0. The molecule has 0 radical (unpaired) electrons. The largest absolute Gasteiger partial charge is 0.325 e. The quantitative estimate of drug-likeness (QED) is 0.842. The third-order valence-electron chi connectivity index (χ3n) is 2.63. The van der Waals surface area contributed by atoms with E-state index in [2.05, 4.69) is 5.32 Å². The molecule has 4 nitrogen and oxygen atoms in total. The number of rotatable bonds is 2. The Kier molecular flexibility index (Phi) is 3.26. The second-order valence-corrected chi connectivity index (χ2v) is 4.41. The van der Waals surface area contributed by atoms with Crippen molar-refractivity contribution in [3.05, 3.63) is 33.8 Å². The van der Waals surface area contributed by atoms with E-state index in [9.17, 15) is 9.59 Å². The lowest BCUT2D eigenvalue weighted by Crippen LogP contribution is -2.30. The summed E-state index contributed by atoms with van der Waals surface area (Å²) in [5.74, 6) is -0.326. The highest BCUT2D eigenvalue weighted by atomic mass is 35.5. The highest BCUT2D eigenvalue weighted by Gasteiger charge is 2.39. The zero-order valence-corrected chi connectivity index (χ0v) is 10.5. The van der Waals surface area contributed by atoms with E-state index < -0.39 is 12.1 Å². The van der Waals surface area contributed by atoms with Gasteiger partial charge >= 0.3 is 6.03 Å². The molecule has 0 saturated carbocycles. The molecule has 1 atom stereocenters. The van der Waals surface area contributed by atoms with Crippen LogP contribution in [0.25, 0.3) is 0 Å². The number of nitrogens with one attached hydrogen (secondary N) is 1.